The van der Waals surface area contributed by atoms with Gasteiger partial charge in [-0.3, -0.25) is 14.0 Å². The van der Waals surface area contributed by atoms with Gasteiger partial charge in [0.25, 0.3) is 11.5 Å². The summed E-state index contributed by atoms with van der Waals surface area (Å²) in [6.07, 6.45) is 7.81. The maximum atomic E-state index is 12.6. The lowest BCUT2D eigenvalue weighted by molar-refractivity contribution is 0.0662. The van der Waals surface area contributed by atoms with E-state index in [1.165, 1.54) is 16.0 Å². The molecule has 9 nitrogen and oxygen atoms in total. The third-order valence-corrected chi connectivity index (χ3v) is 5.90. The predicted octanol–water partition coefficient (Wildman–Crippen LogP) is 1.79. The summed E-state index contributed by atoms with van der Waals surface area (Å²) in [6.45, 7) is 3.75. The van der Waals surface area contributed by atoms with Crippen LogP contribution in [0.5, 0.6) is 0 Å². The van der Waals surface area contributed by atoms with Gasteiger partial charge in [0.15, 0.2) is 0 Å². The van der Waals surface area contributed by atoms with Crippen LogP contribution in [-0.2, 0) is 17.8 Å². The molecule has 170 valence electrons. The quantitative estimate of drug-likeness (QED) is 0.449. The van der Waals surface area contributed by atoms with Gasteiger partial charge in [0.2, 0.25) is 0 Å². The van der Waals surface area contributed by atoms with Gasteiger partial charge in [-0.25, -0.2) is 9.97 Å². The number of fused-ring (bicyclic) bond motifs is 2. The van der Waals surface area contributed by atoms with Crippen molar-refractivity contribution in [1.82, 2.24) is 29.4 Å². The van der Waals surface area contributed by atoms with Gasteiger partial charge in [0.1, 0.15) is 17.0 Å². The van der Waals surface area contributed by atoms with E-state index >= 15 is 0 Å². The minimum absolute atomic E-state index is 0.0906. The number of hydrogen-bond acceptors (Lipinski definition) is 6. The zero-order valence-corrected chi connectivity index (χ0v) is 18.2. The van der Waals surface area contributed by atoms with Crippen LogP contribution in [0.25, 0.3) is 11.3 Å². The van der Waals surface area contributed by atoms with Gasteiger partial charge in [-0.1, -0.05) is 12.1 Å². The molecule has 1 aliphatic rings. The highest BCUT2D eigenvalue weighted by molar-refractivity contribution is 5.92. The van der Waals surface area contributed by atoms with E-state index in [2.05, 4.69) is 32.9 Å². The zero-order valence-electron chi connectivity index (χ0n) is 18.2. The monoisotopic (exact) mass is 446 g/mol. The molecule has 4 aromatic rings. The van der Waals surface area contributed by atoms with Crippen molar-refractivity contribution in [2.75, 3.05) is 19.8 Å². The largest absolute Gasteiger partial charge is 0.381 e. The van der Waals surface area contributed by atoms with E-state index in [0.717, 1.165) is 50.5 Å². The Morgan fingerprint density at radius 2 is 1.94 bits per heavy atom. The first kappa shape index (κ1) is 21.3. The third-order valence-electron chi connectivity index (χ3n) is 5.90. The van der Waals surface area contributed by atoms with Crippen LogP contribution >= 0.6 is 0 Å². The molecule has 5 heterocycles. The fraction of sp³-hybridized carbons (Fsp3) is 0.333. The van der Waals surface area contributed by atoms with E-state index in [9.17, 15) is 9.59 Å². The van der Waals surface area contributed by atoms with Crippen LogP contribution in [0.4, 0.5) is 0 Å². The van der Waals surface area contributed by atoms with Crippen LogP contribution in [0.1, 0.15) is 34.6 Å². The first-order chi connectivity index (χ1) is 16.2. The van der Waals surface area contributed by atoms with Gasteiger partial charge in [-0.15, -0.1) is 0 Å². The summed E-state index contributed by atoms with van der Waals surface area (Å²) >= 11 is 0. The summed E-state index contributed by atoms with van der Waals surface area (Å²) in [7, 11) is 0. The van der Waals surface area contributed by atoms with Crippen molar-refractivity contribution in [1.29, 1.82) is 0 Å². The average Bonchev–Trinajstić information content (AvgIpc) is 3.25. The van der Waals surface area contributed by atoms with Gasteiger partial charge in [0.05, 0.1) is 12.2 Å². The Bertz CT molecular complexity index is 1340. The second kappa shape index (κ2) is 9.51. The highest BCUT2D eigenvalue weighted by Crippen LogP contribution is 2.14. The summed E-state index contributed by atoms with van der Waals surface area (Å²) in [5, 5.41) is 6.34. The molecular weight excluding hydrogens is 420 g/mol. The van der Waals surface area contributed by atoms with E-state index in [4.69, 9.17) is 4.74 Å². The molecule has 0 radical (unpaired) electrons. The fourth-order valence-electron chi connectivity index (χ4n) is 4.08. The van der Waals surface area contributed by atoms with Crippen LogP contribution in [-0.4, -0.2) is 44.4 Å². The molecule has 2 N–H and O–H groups in total. The van der Waals surface area contributed by atoms with Crippen LogP contribution < -0.4 is 16.2 Å². The summed E-state index contributed by atoms with van der Waals surface area (Å²) in [6, 6.07) is 10.5. The van der Waals surface area contributed by atoms with Crippen LogP contribution in [0.2, 0.25) is 0 Å². The van der Waals surface area contributed by atoms with Gasteiger partial charge in [-0.05, 0) is 49.1 Å². The molecule has 0 spiro atoms. The van der Waals surface area contributed by atoms with Crippen LogP contribution in [0.15, 0.2) is 59.8 Å². The molecule has 5 rings (SSSR count). The molecule has 1 aliphatic heterocycles. The first-order valence-electron chi connectivity index (χ1n) is 11.2. The van der Waals surface area contributed by atoms with Crippen molar-refractivity contribution >= 4 is 17.2 Å². The number of carbonyl (C=O) groups is 1. The lowest BCUT2D eigenvalue weighted by Gasteiger charge is -2.22. The minimum atomic E-state index is -0.409. The number of amides is 1. The third kappa shape index (κ3) is 4.94. The molecule has 1 amide bonds. The number of nitrogens with one attached hydrogen (secondary N) is 2. The van der Waals surface area contributed by atoms with E-state index in [0.29, 0.717) is 11.6 Å². The normalized spacial score (nSPS) is 14.7. The number of aromatic nitrogens is 4. The van der Waals surface area contributed by atoms with Crippen LogP contribution in [0.3, 0.4) is 0 Å². The fourth-order valence-corrected chi connectivity index (χ4v) is 4.08. The molecule has 1 saturated heterocycles. The number of rotatable bonds is 7. The van der Waals surface area contributed by atoms with Gasteiger partial charge >= 0.3 is 0 Å². The van der Waals surface area contributed by atoms with E-state index in [1.807, 2.05) is 16.7 Å². The van der Waals surface area contributed by atoms with E-state index < -0.39 is 5.91 Å². The summed E-state index contributed by atoms with van der Waals surface area (Å²) in [5.41, 5.74) is 2.94. The molecular formula is C24H26N6O3. The SMILES string of the molecule is O=C(NCc1cn2cc(CNCC3CCOCC3)ccc2n1)c1cc(=O)n2ccccc2n1. The molecule has 1 fully saturated rings. The number of nitrogens with zero attached hydrogens (tertiary/aromatic N) is 4. The summed E-state index contributed by atoms with van der Waals surface area (Å²) in [4.78, 5) is 33.6. The molecule has 0 unspecified atom stereocenters. The van der Waals surface area contributed by atoms with E-state index in [1.54, 1.807) is 24.4 Å². The molecule has 9 heteroatoms. The molecule has 0 aromatic carbocycles. The number of ether oxygens (including phenoxy) is 1. The number of carbonyl (C=O) groups excluding carboxylic acids is 1. The zero-order chi connectivity index (χ0) is 22.6. The summed E-state index contributed by atoms with van der Waals surface area (Å²) < 4.78 is 8.78. The lowest BCUT2D eigenvalue weighted by atomic mass is 10.0. The molecule has 4 aromatic heterocycles. The van der Waals surface area contributed by atoms with Gasteiger partial charge in [-0.2, -0.15) is 0 Å². The van der Waals surface area contributed by atoms with E-state index in [-0.39, 0.29) is 17.8 Å². The Balaban J connectivity index is 1.20. The van der Waals surface area contributed by atoms with Gasteiger partial charge in [0, 0.05) is 44.4 Å². The van der Waals surface area contributed by atoms with Gasteiger partial charge < -0.3 is 19.8 Å². The Hall–Kier alpha value is -3.56. The Kier molecular flexibility index (Phi) is 6.14. The second-order valence-corrected chi connectivity index (χ2v) is 8.31. The second-order valence-electron chi connectivity index (χ2n) is 8.31. The number of hydrogen-bond donors (Lipinski definition) is 2. The highest BCUT2D eigenvalue weighted by Gasteiger charge is 2.14. The molecule has 0 saturated carbocycles. The summed E-state index contributed by atoms with van der Waals surface area (Å²) in [5.74, 6) is 0.271. The predicted molar refractivity (Wildman–Crippen MR) is 123 cm³/mol. The first-order valence-corrected chi connectivity index (χ1v) is 11.2. The molecule has 33 heavy (non-hydrogen) atoms. The molecule has 0 atom stereocenters. The van der Waals surface area contributed by atoms with Crippen molar-refractivity contribution in [3.63, 3.8) is 0 Å². The molecule has 0 bridgehead atoms. The van der Waals surface area contributed by atoms with Crippen molar-refractivity contribution in [2.24, 2.45) is 5.92 Å². The van der Waals surface area contributed by atoms with Crippen molar-refractivity contribution in [2.45, 2.75) is 25.9 Å². The van der Waals surface area contributed by atoms with Crippen LogP contribution in [0, 0.1) is 5.92 Å². The Morgan fingerprint density at radius 1 is 1.06 bits per heavy atom. The topological polar surface area (TPSA) is 102 Å². The Morgan fingerprint density at radius 3 is 2.82 bits per heavy atom. The smallest absolute Gasteiger partial charge is 0.270 e. The average molecular weight is 447 g/mol. The number of pyridine rings is 2. The Labute approximate surface area is 190 Å². The number of imidazole rings is 1. The maximum Gasteiger partial charge on any atom is 0.270 e. The van der Waals surface area contributed by atoms with Crippen molar-refractivity contribution in [3.8, 4) is 0 Å². The molecule has 0 aliphatic carbocycles. The van der Waals surface area contributed by atoms with Crippen molar-refractivity contribution < 1.29 is 9.53 Å². The lowest BCUT2D eigenvalue weighted by Crippen LogP contribution is -2.27. The minimum Gasteiger partial charge on any atom is -0.381 e. The standard InChI is InChI=1S/C24H26N6O3/c31-23-11-20(28-22-3-1-2-8-30(22)23)24(32)26-14-19-16-29-15-18(4-5-21(29)27-19)13-25-12-17-6-9-33-10-7-17/h1-5,8,11,15-17,25H,6-7,9-10,12-14H2,(H,26,32). The maximum absolute atomic E-state index is 12.6. The highest BCUT2D eigenvalue weighted by atomic mass is 16.5. The van der Waals surface area contributed by atoms with Crippen molar-refractivity contribution in [3.05, 3.63) is 82.3 Å².